The van der Waals surface area contributed by atoms with Crippen molar-refractivity contribution in [3.05, 3.63) is 65.2 Å². The first kappa shape index (κ1) is 23.8. The van der Waals surface area contributed by atoms with Gasteiger partial charge in [0.1, 0.15) is 0 Å². The van der Waals surface area contributed by atoms with Crippen LogP contribution in [0.3, 0.4) is 0 Å². The summed E-state index contributed by atoms with van der Waals surface area (Å²) in [4.78, 5) is 12.3. The number of nitrogens with zero attached hydrogens (tertiary/aromatic N) is 1. The molecule has 1 unspecified atom stereocenters. The van der Waals surface area contributed by atoms with Gasteiger partial charge in [0.15, 0.2) is 0 Å². The van der Waals surface area contributed by atoms with Crippen LogP contribution in [0.1, 0.15) is 41.4 Å². The van der Waals surface area contributed by atoms with Gasteiger partial charge in [0.25, 0.3) is 5.91 Å². The number of hydrogen-bond donors (Lipinski definition) is 2. The van der Waals surface area contributed by atoms with Crippen LogP contribution >= 0.6 is 0 Å². The molecule has 2 N–H and O–H groups in total. The maximum atomic E-state index is 13.1. The largest absolute Gasteiger partial charge is 0.416 e. The molecule has 0 aromatic heterocycles. The Morgan fingerprint density at radius 2 is 1.63 bits per heavy atom. The third-order valence-electron chi connectivity index (χ3n) is 4.54. The molecular weight excluding hydrogens is 421 g/mol. The van der Waals surface area contributed by atoms with Crippen LogP contribution in [0.4, 0.5) is 13.2 Å². The molecule has 0 bridgehead atoms. The molecule has 10 heteroatoms. The summed E-state index contributed by atoms with van der Waals surface area (Å²) in [5, 5.41) is 12.5. The number of hydrogen-bond acceptors (Lipinski definition) is 4. The molecule has 6 nitrogen and oxygen atoms in total. The third kappa shape index (κ3) is 5.38. The minimum absolute atomic E-state index is 0.0295. The summed E-state index contributed by atoms with van der Waals surface area (Å²) >= 11 is 0. The van der Waals surface area contributed by atoms with E-state index in [1.165, 1.54) is 40.7 Å². The Hall–Kier alpha value is -2.43. The highest BCUT2D eigenvalue weighted by Gasteiger charge is 2.34. The monoisotopic (exact) mass is 444 g/mol. The van der Waals surface area contributed by atoms with Gasteiger partial charge in [0.05, 0.1) is 16.6 Å². The van der Waals surface area contributed by atoms with Crippen molar-refractivity contribution < 1.29 is 31.5 Å². The van der Waals surface area contributed by atoms with E-state index in [1.54, 1.807) is 13.8 Å². The predicted octanol–water partition coefficient (Wildman–Crippen LogP) is 3.20. The Kier molecular flexibility index (Phi) is 7.62. The summed E-state index contributed by atoms with van der Waals surface area (Å²) in [5.74, 6) is -0.648. The standard InChI is InChI=1S/C20H23F3N2O4S/c1-3-25(4-2)30(28,29)15-11-9-14(10-12-15)19(27)24-13-18(26)16-7-5-6-8-17(16)20(21,22)23/h5-12,18,26H,3-4,13H2,1-2H3,(H,24,27). The zero-order chi connectivity index (χ0) is 22.5. The molecule has 1 amide bonds. The molecule has 2 rings (SSSR count). The second-order valence-corrected chi connectivity index (χ2v) is 8.36. The van der Waals surface area contributed by atoms with Gasteiger partial charge >= 0.3 is 6.18 Å². The molecule has 2 aromatic rings. The third-order valence-corrected chi connectivity index (χ3v) is 6.60. The molecule has 2 aromatic carbocycles. The van der Waals surface area contributed by atoms with Crippen LogP contribution in [0, 0.1) is 0 Å². The molecule has 0 aliphatic rings. The lowest BCUT2D eigenvalue weighted by Crippen LogP contribution is -2.31. The molecule has 0 radical (unpaired) electrons. The summed E-state index contributed by atoms with van der Waals surface area (Å²) < 4.78 is 65.4. The Morgan fingerprint density at radius 1 is 1.07 bits per heavy atom. The Morgan fingerprint density at radius 3 is 2.17 bits per heavy atom. The van der Waals surface area contributed by atoms with Crippen molar-refractivity contribution in [3.8, 4) is 0 Å². The van der Waals surface area contributed by atoms with Gasteiger partial charge < -0.3 is 10.4 Å². The summed E-state index contributed by atoms with van der Waals surface area (Å²) in [6.45, 7) is 3.60. The number of halogens is 3. The first-order valence-corrected chi connectivity index (χ1v) is 10.7. The fourth-order valence-corrected chi connectivity index (χ4v) is 4.40. The van der Waals surface area contributed by atoms with Gasteiger partial charge in [-0.3, -0.25) is 4.79 Å². The fraction of sp³-hybridized carbons (Fsp3) is 0.350. The number of aliphatic hydroxyl groups is 1. The molecule has 30 heavy (non-hydrogen) atoms. The lowest BCUT2D eigenvalue weighted by atomic mass is 10.0. The van der Waals surface area contributed by atoms with E-state index in [-0.39, 0.29) is 16.0 Å². The molecule has 0 aliphatic heterocycles. The van der Waals surface area contributed by atoms with Crippen molar-refractivity contribution in [2.24, 2.45) is 0 Å². The van der Waals surface area contributed by atoms with Gasteiger partial charge in [0, 0.05) is 25.2 Å². The van der Waals surface area contributed by atoms with Crippen molar-refractivity contribution in [1.82, 2.24) is 9.62 Å². The van der Waals surface area contributed by atoms with E-state index in [0.717, 1.165) is 12.1 Å². The molecule has 0 fully saturated rings. The fourth-order valence-electron chi connectivity index (χ4n) is 2.94. The molecule has 0 spiro atoms. The first-order chi connectivity index (χ1) is 14.0. The van der Waals surface area contributed by atoms with Gasteiger partial charge in [-0.1, -0.05) is 32.0 Å². The van der Waals surface area contributed by atoms with Crippen molar-refractivity contribution >= 4 is 15.9 Å². The average molecular weight is 444 g/mol. The van der Waals surface area contributed by atoms with E-state index in [0.29, 0.717) is 13.1 Å². The van der Waals surface area contributed by atoms with Crippen LogP contribution in [0.2, 0.25) is 0 Å². The topological polar surface area (TPSA) is 86.7 Å². The smallest absolute Gasteiger partial charge is 0.387 e. The number of carbonyl (C=O) groups is 1. The number of sulfonamides is 1. The van der Waals surface area contributed by atoms with Gasteiger partial charge in [-0.25, -0.2) is 8.42 Å². The highest BCUT2D eigenvalue weighted by atomic mass is 32.2. The predicted molar refractivity (Wildman–Crippen MR) is 105 cm³/mol. The Labute approximate surface area is 173 Å². The number of nitrogens with one attached hydrogen (secondary N) is 1. The molecule has 0 saturated heterocycles. The van der Waals surface area contributed by atoms with Crippen LogP contribution in [0.5, 0.6) is 0 Å². The van der Waals surface area contributed by atoms with Crippen molar-refractivity contribution in [2.45, 2.75) is 31.0 Å². The lowest BCUT2D eigenvalue weighted by molar-refractivity contribution is -0.139. The van der Waals surface area contributed by atoms with E-state index in [2.05, 4.69) is 5.32 Å². The molecule has 164 valence electrons. The van der Waals surface area contributed by atoms with Crippen molar-refractivity contribution in [3.63, 3.8) is 0 Å². The molecule has 0 aliphatic carbocycles. The molecule has 1 atom stereocenters. The summed E-state index contributed by atoms with van der Waals surface area (Å²) in [5.41, 5.74) is -1.20. The number of benzene rings is 2. The second-order valence-electron chi connectivity index (χ2n) is 6.42. The van der Waals surface area contributed by atoms with Gasteiger partial charge in [-0.2, -0.15) is 17.5 Å². The van der Waals surface area contributed by atoms with Crippen LogP contribution in [0.25, 0.3) is 0 Å². The summed E-state index contributed by atoms with van der Waals surface area (Å²) in [6.07, 6.45) is -6.19. The van der Waals surface area contributed by atoms with E-state index in [4.69, 9.17) is 0 Å². The average Bonchev–Trinajstić information content (AvgIpc) is 2.72. The molecule has 0 saturated carbocycles. The van der Waals surface area contributed by atoms with E-state index < -0.39 is 40.3 Å². The quantitative estimate of drug-likeness (QED) is 0.655. The number of rotatable bonds is 8. The SMILES string of the molecule is CCN(CC)S(=O)(=O)c1ccc(C(=O)NCC(O)c2ccccc2C(F)(F)F)cc1. The summed E-state index contributed by atoms with van der Waals surface area (Å²) in [7, 11) is -3.67. The number of carbonyl (C=O) groups excluding carboxylic acids is 1. The van der Waals surface area contributed by atoms with Gasteiger partial charge in [0.2, 0.25) is 10.0 Å². The Balaban J connectivity index is 2.09. The highest BCUT2D eigenvalue weighted by molar-refractivity contribution is 7.89. The van der Waals surface area contributed by atoms with E-state index in [9.17, 15) is 31.5 Å². The van der Waals surface area contributed by atoms with Crippen LogP contribution < -0.4 is 5.32 Å². The molecular formula is C20H23F3N2O4S. The minimum Gasteiger partial charge on any atom is -0.387 e. The summed E-state index contributed by atoms with van der Waals surface area (Å²) in [6, 6.07) is 9.78. The normalized spacial score (nSPS) is 13.3. The Bertz CT molecular complexity index is 972. The zero-order valence-electron chi connectivity index (χ0n) is 16.5. The zero-order valence-corrected chi connectivity index (χ0v) is 17.3. The van der Waals surface area contributed by atoms with Gasteiger partial charge in [-0.15, -0.1) is 0 Å². The maximum absolute atomic E-state index is 13.1. The van der Waals surface area contributed by atoms with E-state index in [1.807, 2.05) is 0 Å². The van der Waals surface area contributed by atoms with E-state index >= 15 is 0 Å². The first-order valence-electron chi connectivity index (χ1n) is 9.25. The van der Waals surface area contributed by atoms with Crippen LogP contribution in [-0.4, -0.2) is 43.4 Å². The molecule has 0 heterocycles. The highest BCUT2D eigenvalue weighted by Crippen LogP contribution is 2.34. The van der Waals surface area contributed by atoms with Gasteiger partial charge in [-0.05, 0) is 35.9 Å². The van der Waals surface area contributed by atoms with Crippen LogP contribution in [0.15, 0.2) is 53.4 Å². The number of aliphatic hydroxyl groups excluding tert-OH is 1. The van der Waals surface area contributed by atoms with Crippen molar-refractivity contribution in [1.29, 1.82) is 0 Å². The number of amides is 1. The minimum atomic E-state index is -4.63. The van der Waals surface area contributed by atoms with Crippen LogP contribution in [-0.2, 0) is 16.2 Å². The lowest BCUT2D eigenvalue weighted by Gasteiger charge is -2.19. The number of alkyl halides is 3. The maximum Gasteiger partial charge on any atom is 0.416 e. The second kappa shape index (κ2) is 9.59. The van der Waals surface area contributed by atoms with Crippen molar-refractivity contribution in [2.75, 3.05) is 19.6 Å².